The van der Waals surface area contributed by atoms with Crippen LogP contribution < -0.4 is 0 Å². The van der Waals surface area contributed by atoms with Crippen LogP contribution in [0.3, 0.4) is 0 Å². The number of morpholine rings is 1. The van der Waals surface area contributed by atoms with Crippen molar-refractivity contribution in [2.24, 2.45) is 0 Å². The number of hydrogen-bond acceptors (Lipinski definition) is 4. The Morgan fingerprint density at radius 3 is 2.82 bits per heavy atom. The van der Waals surface area contributed by atoms with Crippen molar-refractivity contribution in [3.8, 4) is 0 Å². The van der Waals surface area contributed by atoms with Crippen LogP contribution in [0.5, 0.6) is 0 Å². The molecule has 0 aromatic heterocycles. The molecule has 122 valence electrons. The van der Waals surface area contributed by atoms with Gasteiger partial charge in [-0.25, -0.2) is 0 Å². The molecule has 0 aliphatic carbocycles. The molecule has 3 atom stereocenters. The van der Waals surface area contributed by atoms with Crippen molar-refractivity contribution in [3.05, 3.63) is 48.6 Å². The van der Waals surface area contributed by atoms with Crippen LogP contribution >= 0.6 is 0 Å². The zero-order valence-corrected chi connectivity index (χ0v) is 13.1. The number of rotatable bonds is 8. The Morgan fingerprint density at radius 1 is 1.32 bits per heavy atom. The Kier molecular flexibility index (Phi) is 7.06. The van der Waals surface area contributed by atoms with Crippen LogP contribution in [0.1, 0.15) is 30.9 Å². The summed E-state index contributed by atoms with van der Waals surface area (Å²) in [4.78, 5) is 2.24. The smallest absolute Gasteiger partial charge is 0.0805 e. The van der Waals surface area contributed by atoms with Gasteiger partial charge in [-0.15, -0.1) is 6.58 Å². The maximum atomic E-state index is 10.4. The van der Waals surface area contributed by atoms with Crippen molar-refractivity contribution < 1.29 is 14.9 Å². The highest BCUT2D eigenvalue weighted by atomic mass is 16.5. The highest BCUT2D eigenvalue weighted by molar-refractivity contribution is 5.17. The van der Waals surface area contributed by atoms with Gasteiger partial charge in [0.15, 0.2) is 0 Å². The minimum Gasteiger partial charge on any atom is -0.392 e. The molecule has 22 heavy (non-hydrogen) atoms. The molecule has 1 aromatic carbocycles. The van der Waals surface area contributed by atoms with Gasteiger partial charge in [0, 0.05) is 19.1 Å². The molecule has 1 aliphatic heterocycles. The fourth-order valence-electron chi connectivity index (χ4n) is 2.89. The van der Waals surface area contributed by atoms with Gasteiger partial charge in [-0.1, -0.05) is 36.4 Å². The molecule has 1 aliphatic rings. The first-order chi connectivity index (χ1) is 10.7. The van der Waals surface area contributed by atoms with E-state index in [0.29, 0.717) is 26.2 Å². The predicted octanol–water partition coefficient (Wildman–Crippen LogP) is 2.14. The first-order valence-corrected chi connectivity index (χ1v) is 8.04. The van der Waals surface area contributed by atoms with E-state index in [1.807, 2.05) is 36.4 Å². The molecule has 1 aromatic rings. The third-order valence-electron chi connectivity index (χ3n) is 4.18. The minimum absolute atomic E-state index is 0.141. The molecule has 4 nitrogen and oxygen atoms in total. The number of aliphatic hydroxyl groups is 2. The zero-order chi connectivity index (χ0) is 15.8. The van der Waals surface area contributed by atoms with Crippen LogP contribution in [-0.2, 0) is 4.74 Å². The molecule has 0 amide bonds. The monoisotopic (exact) mass is 305 g/mol. The van der Waals surface area contributed by atoms with Crippen LogP contribution in [0.15, 0.2) is 43.0 Å². The zero-order valence-electron chi connectivity index (χ0n) is 13.1. The van der Waals surface area contributed by atoms with Crippen LogP contribution in [-0.4, -0.2) is 53.6 Å². The van der Waals surface area contributed by atoms with E-state index in [9.17, 15) is 10.2 Å². The fraction of sp³-hybridized carbons (Fsp3) is 0.556. The Hall–Kier alpha value is -1.20. The number of aliphatic hydroxyl groups excluding tert-OH is 2. The van der Waals surface area contributed by atoms with E-state index in [1.165, 1.54) is 0 Å². The summed E-state index contributed by atoms with van der Waals surface area (Å²) in [6.45, 7) is 6.42. The molecule has 2 N–H and O–H groups in total. The van der Waals surface area contributed by atoms with Gasteiger partial charge in [0.1, 0.15) is 0 Å². The standard InChI is InChI=1S/C18H27NO3/c1-2-3-9-17(20)13-19-10-11-22-14-16(19)12-18(21)15-7-5-4-6-8-15/h2,4-8,16-18,20-21H,1,3,9-14H2. The van der Waals surface area contributed by atoms with Gasteiger partial charge in [-0.3, -0.25) is 4.90 Å². The Labute approximate surface area is 133 Å². The summed E-state index contributed by atoms with van der Waals surface area (Å²) in [5.41, 5.74) is 0.931. The lowest BCUT2D eigenvalue weighted by Crippen LogP contribution is -2.49. The second-order valence-corrected chi connectivity index (χ2v) is 5.91. The third-order valence-corrected chi connectivity index (χ3v) is 4.18. The van der Waals surface area contributed by atoms with Crippen LogP contribution in [0.25, 0.3) is 0 Å². The molecule has 1 heterocycles. The molecule has 0 radical (unpaired) electrons. The molecule has 0 bridgehead atoms. The summed E-state index contributed by atoms with van der Waals surface area (Å²) in [5, 5.41) is 20.5. The van der Waals surface area contributed by atoms with Crippen molar-refractivity contribution >= 4 is 0 Å². The van der Waals surface area contributed by atoms with E-state index < -0.39 is 6.10 Å². The first-order valence-electron chi connectivity index (χ1n) is 8.04. The minimum atomic E-state index is -0.499. The van der Waals surface area contributed by atoms with E-state index in [-0.39, 0.29) is 12.1 Å². The summed E-state index contributed by atoms with van der Waals surface area (Å²) in [6, 6.07) is 9.85. The molecular formula is C18H27NO3. The SMILES string of the molecule is C=CCCC(O)CN1CCOCC1CC(O)c1ccccc1. The van der Waals surface area contributed by atoms with Gasteiger partial charge in [-0.05, 0) is 24.8 Å². The molecule has 3 unspecified atom stereocenters. The molecule has 1 saturated heterocycles. The number of hydrogen-bond donors (Lipinski definition) is 2. The lowest BCUT2D eigenvalue weighted by Gasteiger charge is -2.37. The average Bonchev–Trinajstić information content (AvgIpc) is 2.55. The van der Waals surface area contributed by atoms with Crippen molar-refractivity contribution in [1.29, 1.82) is 0 Å². The van der Waals surface area contributed by atoms with Crippen molar-refractivity contribution in [1.82, 2.24) is 4.90 Å². The van der Waals surface area contributed by atoms with E-state index in [4.69, 9.17) is 4.74 Å². The topological polar surface area (TPSA) is 52.9 Å². The molecule has 0 saturated carbocycles. The number of β-amino-alcohol motifs (C(OH)–C–C–N with tert-alkyl or cyclic N) is 1. The van der Waals surface area contributed by atoms with Gasteiger partial charge in [0.2, 0.25) is 0 Å². The summed E-state index contributed by atoms with van der Waals surface area (Å²) in [7, 11) is 0. The van der Waals surface area contributed by atoms with Crippen molar-refractivity contribution in [2.45, 2.75) is 37.5 Å². The second-order valence-electron chi connectivity index (χ2n) is 5.91. The average molecular weight is 305 g/mol. The summed E-state index contributed by atoms with van der Waals surface area (Å²) >= 11 is 0. The first kappa shape index (κ1) is 17.2. The summed E-state index contributed by atoms with van der Waals surface area (Å²) in [6.07, 6.45) is 3.16. The van der Waals surface area contributed by atoms with E-state index >= 15 is 0 Å². The molecule has 1 fully saturated rings. The highest BCUT2D eigenvalue weighted by Crippen LogP contribution is 2.22. The number of benzene rings is 1. The van der Waals surface area contributed by atoms with Crippen LogP contribution in [0, 0.1) is 0 Å². The molecule has 4 heteroatoms. The summed E-state index contributed by atoms with van der Waals surface area (Å²) in [5.74, 6) is 0. The van der Waals surface area contributed by atoms with Crippen molar-refractivity contribution in [2.75, 3.05) is 26.3 Å². The van der Waals surface area contributed by atoms with Gasteiger partial charge in [-0.2, -0.15) is 0 Å². The lowest BCUT2D eigenvalue weighted by molar-refractivity contribution is -0.0426. The van der Waals surface area contributed by atoms with Crippen LogP contribution in [0.4, 0.5) is 0 Å². The number of nitrogens with zero attached hydrogens (tertiary/aromatic N) is 1. The second kappa shape index (κ2) is 9.06. The third kappa shape index (κ3) is 5.21. The quantitative estimate of drug-likeness (QED) is 0.723. The largest absolute Gasteiger partial charge is 0.392 e. The predicted molar refractivity (Wildman–Crippen MR) is 87.6 cm³/mol. The van der Waals surface area contributed by atoms with E-state index in [0.717, 1.165) is 24.9 Å². The van der Waals surface area contributed by atoms with Gasteiger partial charge in [0.05, 0.1) is 25.4 Å². The Balaban J connectivity index is 1.90. The maximum Gasteiger partial charge on any atom is 0.0805 e. The molecular weight excluding hydrogens is 278 g/mol. The normalized spacial score (nSPS) is 22.2. The number of allylic oxidation sites excluding steroid dienone is 1. The molecule has 2 rings (SSSR count). The lowest BCUT2D eigenvalue weighted by atomic mass is 10.00. The Morgan fingerprint density at radius 2 is 2.09 bits per heavy atom. The van der Waals surface area contributed by atoms with Crippen LogP contribution in [0.2, 0.25) is 0 Å². The number of ether oxygens (including phenoxy) is 1. The Bertz CT molecular complexity index is 437. The maximum absolute atomic E-state index is 10.4. The van der Waals surface area contributed by atoms with E-state index in [1.54, 1.807) is 0 Å². The molecule has 0 spiro atoms. The summed E-state index contributed by atoms with van der Waals surface area (Å²) < 4.78 is 5.56. The van der Waals surface area contributed by atoms with Gasteiger partial charge < -0.3 is 14.9 Å². The van der Waals surface area contributed by atoms with Crippen molar-refractivity contribution in [3.63, 3.8) is 0 Å². The van der Waals surface area contributed by atoms with Gasteiger partial charge >= 0.3 is 0 Å². The van der Waals surface area contributed by atoms with Gasteiger partial charge in [0.25, 0.3) is 0 Å². The fourth-order valence-corrected chi connectivity index (χ4v) is 2.89. The van der Waals surface area contributed by atoms with E-state index in [2.05, 4.69) is 11.5 Å². The highest BCUT2D eigenvalue weighted by Gasteiger charge is 2.27.